The molecule has 1 heterocycles. The SMILES string of the molecule is CCc1cc(=O)oc2cc(OCc3ccc(Br)cc3)ccc12. The van der Waals surface area contributed by atoms with Gasteiger partial charge in [-0.15, -0.1) is 0 Å². The van der Waals surface area contributed by atoms with Gasteiger partial charge >= 0.3 is 5.63 Å². The van der Waals surface area contributed by atoms with E-state index in [1.165, 1.54) is 0 Å². The van der Waals surface area contributed by atoms with E-state index in [1.807, 2.05) is 43.3 Å². The Labute approximate surface area is 136 Å². The zero-order chi connectivity index (χ0) is 15.5. The van der Waals surface area contributed by atoms with Gasteiger partial charge in [-0.05, 0) is 41.8 Å². The van der Waals surface area contributed by atoms with Crippen LogP contribution in [-0.4, -0.2) is 0 Å². The van der Waals surface area contributed by atoms with Crippen LogP contribution in [0, 0.1) is 0 Å². The van der Waals surface area contributed by atoms with E-state index in [-0.39, 0.29) is 5.63 Å². The molecular formula is C18H15BrO3. The smallest absolute Gasteiger partial charge is 0.336 e. The zero-order valence-electron chi connectivity index (χ0n) is 12.1. The van der Waals surface area contributed by atoms with Crippen molar-refractivity contribution in [1.82, 2.24) is 0 Å². The normalized spacial score (nSPS) is 10.8. The molecule has 0 bridgehead atoms. The van der Waals surface area contributed by atoms with Gasteiger partial charge in [-0.3, -0.25) is 0 Å². The van der Waals surface area contributed by atoms with Crippen molar-refractivity contribution in [2.24, 2.45) is 0 Å². The average molecular weight is 359 g/mol. The highest BCUT2D eigenvalue weighted by molar-refractivity contribution is 9.10. The minimum Gasteiger partial charge on any atom is -0.489 e. The average Bonchev–Trinajstić information content (AvgIpc) is 2.53. The molecule has 0 unspecified atom stereocenters. The predicted octanol–water partition coefficient (Wildman–Crippen LogP) is 4.70. The van der Waals surface area contributed by atoms with Crippen molar-refractivity contribution in [3.05, 3.63) is 74.6 Å². The van der Waals surface area contributed by atoms with E-state index >= 15 is 0 Å². The summed E-state index contributed by atoms with van der Waals surface area (Å²) in [6.45, 7) is 2.49. The summed E-state index contributed by atoms with van der Waals surface area (Å²) >= 11 is 3.41. The topological polar surface area (TPSA) is 39.4 Å². The third kappa shape index (κ3) is 3.22. The molecule has 0 aliphatic heterocycles. The summed E-state index contributed by atoms with van der Waals surface area (Å²) in [5, 5.41) is 0.957. The Bertz CT molecular complexity index is 850. The fourth-order valence-electron chi connectivity index (χ4n) is 2.34. The zero-order valence-corrected chi connectivity index (χ0v) is 13.7. The van der Waals surface area contributed by atoms with Gasteiger partial charge < -0.3 is 9.15 Å². The summed E-state index contributed by atoms with van der Waals surface area (Å²) < 4.78 is 12.1. The summed E-state index contributed by atoms with van der Waals surface area (Å²) in [6.07, 6.45) is 0.793. The number of aryl methyl sites for hydroxylation is 1. The Balaban J connectivity index is 1.85. The van der Waals surface area contributed by atoms with Gasteiger partial charge in [0.25, 0.3) is 0 Å². The minimum atomic E-state index is -0.325. The van der Waals surface area contributed by atoms with Gasteiger partial charge in [0.15, 0.2) is 0 Å². The largest absolute Gasteiger partial charge is 0.489 e. The minimum absolute atomic E-state index is 0.325. The van der Waals surface area contributed by atoms with Crippen molar-refractivity contribution >= 4 is 26.9 Å². The van der Waals surface area contributed by atoms with Gasteiger partial charge in [-0.1, -0.05) is 35.0 Å². The van der Waals surface area contributed by atoms with E-state index in [1.54, 1.807) is 12.1 Å². The van der Waals surface area contributed by atoms with Crippen LogP contribution in [0.2, 0.25) is 0 Å². The summed E-state index contributed by atoms with van der Waals surface area (Å²) in [6, 6.07) is 15.1. The number of hydrogen-bond donors (Lipinski definition) is 0. The fraction of sp³-hybridized carbons (Fsp3) is 0.167. The van der Waals surface area contributed by atoms with Crippen molar-refractivity contribution in [2.75, 3.05) is 0 Å². The molecule has 0 radical (unpaired) electrons. The second kappa shape index (κ2) is 6.36. The quantitative estimate of drug-likeness (QED) is 0.634. The van der Waals surface area contributed by atoms with E-state index in [0.29, 0.717) is 17.9 Å². The molecule has 2 aromatic carbocycles. The van der Waals surface area contributed by atoms with Crippen molar-refractivity contribution in [1.29, 1.82) is 0 Å². The highest BCUT2D eigenvalue weighted by Gasteiger charge is 2.06. The molecule has 0 aliphatic carbocycles. The first kappa shape index (κ1) is 14.9. The van der Waals surface area contributed by atoms with Crippen LogP contribution in [0.3, 0.4) is 0 Å². The third-order valence-electron chi connectivity index (χ3n) is 3.50. The van der Waals surface area contributed by atoms with Gasteiger partial charge in [0.1, 0.15) is 17.9 Å². The molecule has 4 heteroatoms. The van der Waals surface area contributed by atoms with Crippen LogP contribution in [0.1, 0.15) is 18.1 Å². The molecular weight excluding hydrogens is 344 g/mol. The van der Waals surface area contributed by atoms with Crippen molar-refractivity contribution in [3.8, 4) is 5.75 Å². The highest BCUT2D eigenvalue weighted by Crippen LogP contribution is 2.23. The van der Waals surface area contributed by atoms with Crippen molar-refractivity contribution < 1.29 is 9.15 Å². The van der Waals surface area contributed by atoms with Gasteiger partial charge in [0.05, 0.1) is 0 Å². The van der Waals surface area contributed by atoms with Gasteiger partial charge in [-0.25, -0.2) is 4.79 Å². The molecule has 3 rings (SSSR count). The van der Waals surface area contributed by atoms with Crippen LogP contribution in [0.5, 0.6) is 5.75 Å². The first-order chi connectivity index (χ1) is 10.7. The summed E-state index contributed by atoms with van der Waals surface area (Å²) in [5.74, 6) is 0.687. The molecule has 0 atom stereocenters. The van der Waals surface area contributed by atoms with Crippen LogP contribution in [0.4, 0.5) is 0 Å². The third-order valence-corrected chi connectivity index (χ3v) is 4.03. The van der Waals surface area contributed by atoms with E-state index in [0.717, 1.165) is 27.4 Å². The van der Waals surface area contributed by atoms with Crippen LogP contribution in [-0.2, 0) is 13.0 Å². The Morgan fingerprint density at radius 3 is 2.59 bits per heavy atom. The molecule has 1 aromatic heterocycles. The lowest BCUT2D eigenvalue weighted by atomic mass is 10.1. The standard InChI is InChI=1S/C18H15BrO3/c1-2-13-9-18(20)22-17-10-15(7-8-16(13)17)21-11-12-3-5-14(19)6-4-12/h3-10H,2,11H2,1H3. The number of ether oxygens (including phenoxy) is 1. The van der Waals surface area contributed by atoms with Crippen LogP contribution in [0.15, 0.2) is 62.2 Å². The number of rotatable bonds is 4. The van der Waals surface area contributed by atoms with E-state index in [2.05, 4.69) is 15.9 Å². The van der Waals surface area contributed by atoms with E-state index < -0.39 is 0 Å². The molecule has 112 valence electrons. The lowest BCUT2D eigenvalue weighted by Crippen LogP contribution is -2.00. The Morgan fingerprint density at radius 2 is 1.86 bits per heavy atom. The maximum Gasteiger partial charge on any atom is 0.336 e. The number of halogens is 1. The summed E-state index contributed by atoms with van der Waals surface area (Å²) in [7, 11) is 0. The number of hydrogen-bond acceptors (Lipinski definition) is 3. The van der Waals surface area contributed by atoms with Crippen LogP contribution >= 0.6 is 15.9 Å². The summed E-state index contributed by atoms with van der Waals surface area (Å²) in [4.78, 5) is 11.6. The van der Waals surface area contributed by atoms with Gasteiger partial charge in [0, 0.05) is 22.0 Å². The van der Waals surface area contributed by atoms with Crippen molar-refractivity contribution in [3.63, 3.8) is 0 Å². The molecule has 0 amide bonds. The predicted molar refractivity (Wildman–Crippen MR) is 90.3 cm³/mol. The molecule has 0 saturated carbocycles. The molecule has 0 N–H and O–H groups in total. The molecule has 0 aliphatic rings. The Hall–Kier alpha value is -2.07. The first-order valence-corrected chi connectivity index (χ1v) is 7.89. The molecule has 0 fully saturated rings. The number of fused-ring (bicyclic) bond motifs is 1. The monoisotopic (exact) mass is 358 g/mol. The van der Waals surface area contributed by atoms with Gasteiger partial charge in [-0.2, -0.15) is 0 Å². The molecule has 3 nitrogen and oxygen atoms in total. The Morgan fingerprint density at radius 1 is 1.09 bits per heavy atom. The van der Waals surface area contributed by atoms with Crippen molar-refractivity contribution in [2.45, 2.75) is 20.0 Å². The first-order valence-electron chi connectivity index (χ1n) is 7.10. The lowest BCUT2D eigenvalue weighted by molar-refractivity contribution is 0.306. The lowest BCUT2D eigenvalue weighted by Gasteiger charge is -2.08. The second-order valence-corrected chi connectivity index (χ2v) is 5.93. The van der Waals surface area contributed by atoms with E-state index in [4.69, 9.17) is 9.15 Å². The highest BCUT2D eigenvalue weighted by atomic mass is 79.9. The number of benzene rings is 2. The molecule has 0 spiro atoms. The van der Waals surface area contributed by atoms with Crippen LogP contribution < -0.4 is 10.4 Å². The van der Waals surface area contributed by atoms with Gasteiger partial charge in [0.2, 0.25) is 0 Å². The fourth-order valence-corrected chi connectivity index (χ4v) is 2.60. The second-order valence-electron chi connectivity index (χ2n) is 5.02. The van der Waals surface area contributed by atoms with Crippen LogP contribution in [0.25, 0.3) is 11.0 Å². The molecule has 3 aromatic rings. The van der Waals surface area contributed by atoms with E-state index in [9.17, 15) is 4.79 Å². The molecule has 22 heavy (non-hydrogen) atoms. The maximum absolute atomic E-state index is 11.6. The Kier molecular flexibility index (Phi) is 4.29. The molecule has 0 saturated heterocycles. The maximum atomic E-state index is 11.6. The summed E-state index contributed by atoms with van der Waals surface area (Å²) in [5.41, 5.74) is 2.31.